The predicted octanol–water partition coefficient (Wildman–Crippen LogP) is 5.59. The van der Waals surface area contributed by atoms with E-state index < -0.39 is 0 Å². The summed E-state index contributed by atoms with van der Waals surface area (Å²) in [5.74, 6) is 0.833. The molecule has 0 spiro atoms. The SMILES string of the molecule is C.C.C.CC(C)(C)C.CC(C)C.[W].[W].[W].[W].[W].[W].[W].[Y].[Y].[Y].[Y].[Y].[Y].[Y]. The average Bonchev–Trinajstić information content (AvgIpc) is 1.19. The van der Waals surface area contributed by atoms with Crippen LogP contribution in [0.15, 0.2) is 0 Å². The Morgan fingerprint density at radius 1 is 0.385 bits per heavy atom. The minimum atomic E-state index is 0. The van der Waals surface area contributed by atoms with E-state index in [4.69, 9.17) is 0 Å². The van der Waals surface area contributed by atoms with E-state index in [2.05, 4.69) is 48.5 Å². The van der Waals surface area contributed by atoms with Crippen LogP contribution >= 0.6 is 0 Å². The maximum absolute atomic E-state index is 2.19. The molecule has 0 heterocycles. The molecule has 0 saturated heterocycles. The van der Waals surface area contributed by atoms with Crippen molar-refractivity contribution in [3.05, 3.63) is 0 Å². The Balaban J connectivity index is -0.00000000135. The Bertz CT molecular complexity index is 76.7. The molecule has 7 radical (unpaired) electrons. The van der Waals surface area contributed by atoms with Crippen LogP contribution in [0.3, 0.4) is 0 Å². The monoisotopic (exact) mass is 2090 g/mol. The molecule has 26 heavy (non-hydrogen) atoms. The van der Waals surface area contributed by atoms with Crippen molar-refractivity contribution >= 4 is 0 Å². The Morgan fingerprint density at radius 2 is 0.385 bits per heavy atom. The van der Waals surface area contributed by atoms with Gasteiger partial charge < -0.3 is 0 Å². The van der Waals surface area contributed by atoms with Crippen LogP contribution in [0, 0.1) is 11.3 Å². The first-order chi connectivity index (χ1) is 3.73. The Morgan fingerprint density at radius 3 is 0.385 bits per heavy atom. The second-order valence-corrected chi connectivity index (χ2v) is 4.73. The van der Waals surface area contributed by atoms with Gasteiger partial charge in [-0.05, 0) is 11.3 Å². The van der Waals surface area contributed by atoms with E-state index in [0.29, 0.717) is 5.41 Å². The van der Waals surface area contributed by atoms with Crippen LogP contribution in [0.2, 0.25) is 0 Å². The van der Waals surface area contributed by atoms with Gasteiger partial charge in [-0.25, -0.2) is 0 Å². The fourth-order valence-corrected chi connectivity index (χ4v) is 0. The summed E-state index contributed by atoms with van der Waals surface area (Å²) in [5.41, 5.74) is 0.500. The zero-order valence-electron chi connectivity index (χ0n) is 15.0. The molecule has 0 aliphatic heterocycles. The molecule has 0 aromatic carbocycles. The predicted molar refractivity (Wildman–Crippen MR) is 65.8 cm³/mol. The van der Waals surface area contributed by atoms with E-state index in [1.54, 1.807) is 0 Å². The van der Waals surface area contributed by atoms with E-state index in [9.17, 15) is 0 Å². The van der Waals surface area contributed by atoms with Gasteiger partial charge in [0.1, 0.15) is 0 Å². The molecule has 0 fully saturated rings. The topological polar surface area (TPSA) is 0 Å². The third-order valence-electron chi connectivity index (χ3n) is 0. The summed E-state index contributed by atoms with van der Waals surface area (Å²) in [4.78, 5) is 0. The van der Waals surface area contributed by atoms with Gasteiger partial charge >= 0.3 is 0 Å². The zero-order chi connectivity index (χ0) is 8.08. The largest absolute Gasteiger partial charge is 0.0776 e. The molecule has 0 aromatic rings. The van der Waals surface area contributed by atoms with Crippen LogP contribution < -0.4 is 0 Å². The van der Waals surface area contributed by atoms with Crippen LogP contribution in [0.1, 0.15) is 70.7 Å². The van der Waals surface area contributed by atoms with E-state index in [-0.39, 0.29) is 399 Å². The van der Waals surface area contributed by atoms with E-state index >= 15 is 0 Å². The molecule has 14 heteroatoms. The standard InChI is InChI=1S/C5H12.C4H10.3CH4.7W.7Y/c1-5(2,3)4;1-4(2)3;;;;;;;;;;;;;;;;;/h1-4H3;4H,1-3H3;3*1H4;;;;;;;;;;;;;;. The Hall–Kier alpha value is 12.5. The average molecular weight is 2090 g/mol. The Kier molecular flexibility index (Phi) is 591. The van der Waals surface area contributed by atoms with Crippen molar-refractivity contribution in [1.29, 1.82) is 0 Å². The van der Waals surface area contributed by atoms with Crippen LogP contribution in [0.25, 0.3) is 0 Å². The van der Waals surface area contributed by atoms with Gasteiger partial charge in [0, 0.05) is 376 Å². The van der Waals surface area contributed by atoms with Crippen molar-refractivity contribution in [1.82, 2.24) is 0 Å². The van der Waals surface area contributed by atoms with Gasteiger partial charge in [0.15, 0.2) is 0 Å². The summed E-state index contributed by atoms with van der Waals surface area (Å²) in [7, 11) is 0. The van der Waals surface area contributed by atoms with Gasteiger partial charge in [0.2, 0.25) is 0 Å². The summed E-state index contributed by atoms with van der Waals surface area (Å²) in [6.45, 7) is 15.2. The molecule has 0 atom stereocenters. The van der Waals surface area contributed by atoms with E-state index in [0.717, 1.165) is 5.92 Å². The maximum atomic E-state index is 2.19. The van der Waals surface area contributed by atoms with Crippen molar-refractivity contribution in [2.45, 2.75) is 70.7 Å². The summed E-state index contributed by atoms with van der Waals surface area (Å²) < 4.78 is 0. The second-order valence-electron chi connectivity index (χ2n) is 4.73. The third kappa shape index (κ3) is 293. The van der Waals surface area contributed by atoms with Crippen LogP contribution in [-0.4, -0.2) is 0 Å². The normalized spacial score (nSPS) is 3.69. The van der Waals surface area contributed by atoms with Crippen molar-refractivity contribution in [2.75, 3.05) is 0 Å². The summed E-state index contributed by atoms with van der Waals surface area (Å²) >= 11 is 0. The molecule has 0 amide bonds. The van der Waals surface area contributed by atoms with Gasteiger partial charge in [-0.15, -0.1) is 0 Å². The fourth-order valence-electron chi connectivity index (χ4n) is 0. The maximum Gasteiger partial charge on any atom is 0 e. The van der Waals surface area contributed by atoms with Crippen LogP contribution in [-0.2, 0) is 376 Å². The molecule has 0 nitrogen and oxygen atoms in total. The first-order valence-electron chi connectivity index (χ1n) is 3.73. The summed E-state index contributed by atoms with van der Waals surface area (Å²) in [6, 6.07) is 0. The zero-order valence-corrected chi connectivity index (χ0v) is 55.4. The second kappa shape index (κ2) is 108. The molecule has 0 unspecified atom stereocenters. The van der Waals surface area contributed by atoms with Gasteiger partial charge in [-0.3, -0.25) is 0 Å². The molecule has 0 rings (SSSR count). The van der Waals surface area contributed by atoms with Gasteiger partial charge in [0.05, 0.1) is 0 Å². The molecule has 0 saturated carbocycles. The number of hydrogen-bond donors (Lipinski definition) is 0. The Labute approximate surface area is 445 Å². The smallest absolute Gasteiger partial charge is 0 e. The van der Waals surface area contributed by atoms with E-state index in [1.807, 2.05) is 0 Å². The molecule has 0 N–H and O–H groups in total. The van der Waals surface area contributed by atoms with Crippen LogP contribution in [0.5, 0.6) is 0 Å². The van der Waals surface area contributed by atoms with Gasteiger partial charge in [0.25, 0.3) is 0 Å². The molecule has 0 bridgehead atoms. The molecule has 0 aromatic heterocycles. The van der Waals surface area contributed by atoms with Crippen molar-refractivity contribution in [2.24, 2.45) is 11.3 Å². The van der Waals surface area contributed by atoms with E-state index in [1.165, 1.54) is 0 Å². The quantitative estimate of drug-likeness (QED) is 0.298. The van der Waals surface area contributed by atoms with Gasteiger partial charge in [-0.1, -0.05) is 70.7 Å². The third-order valence-corrected chi connectivity index (χ3v) is 0. The molecule has 145 valence electrons. The molecular formula is C12H34W7Y7. The molecule has 0 aliphatic rings. The summed E-state index contributed by atoms with van der Waals surface area (Å²) in [5, 5.41) is 0. The van der Waals surface area contributed by atoms with Gasteiger partial charge in [-0.2, -0.15) is 0 Å². The fraction of sp³-hybridized carbons (Fsp3) is 1.00. The van der Waals surface area contributed by atoms with Crippen LogP contribution in [0.4, 0.5) is 0 Å². The number of hydrogen-bond acceptors (Lipinski definition) is 0. The minimum absolute atomic E-state index is 0. The van der Waals surface area contributed by atoms with Crippen molar-refractivity contribution in [3.8, 4) is 0 Å². The number of rotatable bonds is 0. The molecule has 0 aliphatic carbocycles. The van der Waals surface area contributed by atoms with Crippen molar-refractivity contribution in [3.63, 3.8) is 0 Å². The van der Waals surface area contributed by atoms with Crippen molar-refractivity contribution < 1.29 is 376 Å². The first kappa shape index (κ1) is 142. The summed E-state index contributed by atoms with van der Waals surface area (Å²) in [6.07, 6.45) is 0. The minimum Gasteiger partial charge on any atom is -0.0776 e. The molecular weight excluding hydrogens is 2050 g/mol. The first-order valence-corrected chi connectivity index (χ1v) is 3.73.